The monoisotopic (exact) mass is 149 g/mol. The van der Waals surface area contributed by atoms with Crippen LogP contribution in [0.15, 0.2) is 30.9 Å². The average Bonchev–Trinajstić information content (AvgIpc) is 2.03. The number of nitrogen functional groups attached to an aromatic ring is 1. The molecule has 0 aliphatic carbocycles. The van der Waals surface area contributed by atoms with Gasteiger partial charge in [0, 0.05) is 0 Å². The van der Waals surface area contributed by atoms with Crippen molar-refractivity contribution in [3.8, 4) is 0 Å². The van der Waals surface area contributed by atoms with E-state index in [2.05, 4.69) is 11.6 Å². The summed E-state index contributed by atoms with van der Waals surface area (Å²) in [6, 6.07) is 5.14. The van der Waals surface area contributed by atoms with Gasteiger partial charge in [-0.15, -0.1) is 6.58 Å². The Kier molecular flexibility index (Phi) is 2.23. The first-order chi connectivity index (χ1) is 5.24. The van der Waals surface area contributed by atoms with E-state index in [9.17, 15) is 0 Å². The van der Waals surface area contributed by atoms with Crippen LogP contribution in [0.5, 0.6) is 0 Å². The van der Waals surface area contributed by atoms with Crippen LogP contribution in [0.25, 0.3) is 0 Å². The van der Waals surface area contributed by atoms with E-state index in [4.69, 9.17) is 11.5 Å². The largest absolute Gasteiger partial charge is 0.384 e. The van der Waals surface area contributed by atoms with Gasteiger partial charge < -0.3 is 11.5 Å². The van der Waals surface area contributed by atoms with Gasteiger partial charge in [-0.2, -0.15) is 0 Å². The summed E-state index contributed by atoms with van der Waals surface area (Å²) >= 11 is 0. The zero-order valence-corrected chi connectivity index (χ0v) is 6.20. The van der Waals surface area contributed by atoms with Gasteiger partial charge in [-0.25, -0.2) is 4.98 Å². The Morgan fingerprint density at radius 3 is 2.82 bits per heavy atom. The summed E-state index contributed by atoms with van der Waals surface area (Å²) in [5, 5.41) is 0. The van der Waals surface area contributed by atoms with Crippen LogP contribution in [0.2, 0.25) is 0 Å². The predicted octanol–water partition coefficient (Wildman–Crippen LogP) is 0.850. The van der Waals surface area contributed by atoms with E-state index in [-0.39, 0.29) is 6.04 Å². The quantitative estimate of drug-likeness (QED) is 0.612. The summed E-state index contributed by atoms with van der Waals surface area (Å²) < 4.78 is 0. The molecule has 3 heteroatoms. The summed E-state index contributed by atoms with van der Waals surface area (Å²) in [5.74, 6) is 0.486. The molecule has 0 unspecified atom stereocenters. The second-order valence-corrected chi connectivity index (χ2v) is 2.25. The molecule has 0 amide bonds. The first kappa shape index (κ1) is 7.75. The number of hydrogen-bond donors (Lipinski definition) is 2. The van der Waals surface area contributed by atoms with Gasteiger partial charge in [-0.3, -0.25) is 0 Å². The molecular weight excluding hydrogens is 138 g/mol. The minimum Gasteiger partial charge on any atom is -0.384 e. The number of rotatable bonds is 2. The predicted molar refractivity (Wildman–Crippen MR) is 45.8 cm³/mol. The van der Waals surface area contributed by atoms with Gasteiger partial charge in [0.25, 0.3) is 0 Å². The highest BCUT2D eigenvalue weighted by atomic mass is 14.9. The molecule has 1 heterocycles. The number of nitrogens with two attached hydrogens (primary N) is 2. The number of nitrogens with zero attached hydrogens (tertiary/aromatic N) is 1. The molecule has 58 valence electrons. The third kappa shape index (κ3) is 1.78. The normalized spacial score (nSPS) is 12.5. The highest BCUT2D eigenvalue weighted by Crippen LogP contribution is 2.08. The standard InChI is InChI=1S/C8H11N3/c1-2-6(9)7-4-3-5-8(10)11-7/h2-6H,1,9H2,(H2,10,11)/t6-/m0/s1. The van der Waals surface area contributed by atoms with Crippen LogP contribution in [0.1, 0.15) is 11.7 Å². The van der Waals surface area contributed by atoms with Gasteiger partial charge in [0.05, 0.1) is 11.7 Å². The fraction of sp³-hybridized carbons (Fsp3) is 0.125. The Balaban J connectivity index is 2.95. The fourth-order valence-corrected chi connectivity index (χ4v) is 0.775. The maximum atomic E-state index is 5.63. The lowest BCUT2D eigenvalue weighted by Crippen LogP contribution is -2.09. The number of pyridine rings is 1. The zero-order chi connectivity index (χ0) is 8.27. The van der Waals surface area contributed by atoms with Crippen molar-refractivity contribution < 1.29 is 0 Å². The molecule has 0 bridgehead atoms. The van der Waals surface area contributed by atoms with E-state index >= 15 is 0 Å². The van der Waals surface area contributed by atoms with Gasteiger partial charge in [-0.1, -0.05) is 12.1 Å². The van der Waals surface area contributed by atoms with Crippen LogP contribution in [0.4, 0.5) is 5.82 Å². The molecule has 0 radical (unpaired) electrons. The van der Waals surface area contributed by atoms with Crippen molar-refractivity contribution in [2.24, 2.45) is 5.73 Å². The number of aromatic nitrogens is 1. The lowest BCUT2D eigenvalue weighted by atomic mass is 10.2. The van der Waals surface area contributed by atoms with Gasteiger partial charge in [0.15, 0.2) is 0 Å². The van der Waals surface area contributed by atoms with Gasteiger partial charge in [-0.05, 0) is 12.1 Å². The third-order valence-corrected chi connectivity index (χ3v) is 1.39. The lowest BCUT2D eigenvalue weighted by molar-refractivity contribution is 0.867. The lowest BCUT2D eigenvalue weighted by Gasteiger charge is -2.04. The van der Waals surface area contributed by atoms with Crippen molar-refractivity contribution in [2.75, 3.05) is 5.73 Å². The number of anilines is 1. The second-order valence-electron chi connectivity index (χ2n) is 2.25. The molecule has 0 aliphatic heterocycles. The minimum atomic E-state index is -0.224. The Labute approximate surface area is 65.7 Å². The summed E-state index contributed by atoms with van der Waals surface area (Å²) in [7, 11) is 0. The first-order valence-electron chi connectivity index (χ1n) is 3.34. The highest BCUT2D eigenvalue weighted by Gasteiger charge is 2.00. The molecule has 4 N–H and O–H groups in total. The molecule has 1 atom stereocenters. The second kappa shape index (κ2) is 3.16. The number of hydrogen-bond acceptors (Lipinski definition) is 3. The van der Waals surface area contributed by atoms with Gasteiger partial charge in [0.1, 0.15) is 5.82 Å². The Bertz CT molecular complexity index is 257. The van der Waals surface area contributed by atoms with Crippen LogP contribution >= 0.6 is 0 Å². The van der Waals surface area contributed by atoms with Crippen molar-refractivity contribution in [3.05, 3.63) is 36.5 Å². The molecule has 3 nitrogen and oxygen atoms in total. The van der Waals surface area contributed by atoms with Gasteiger partial charge >= 0.3 is 0 Å². The van der Waals surface area contributed by atoms with Crippen LogP contribution in [0, 0.1) is 0 Å². The van der Waals surface area contributed by atoms with Crippen LogP contribution in [0.3, 0.4) is 0 Å². The van der Waals surface area contributed by atoms with E-state index in [1.807, 2.05) is 12.1 Å². The van der Waals surface area contributed by atoms with E-state index in [1.54, 1.807) is 12.1 Å². The van der Waals surface area contributed by atoms with Crippen LogP contribution in [-0.2, 0) is 0 Å². The average molecular weight is 149 g/mol. The van der Waals surface area contributed by atoms with Crippen molar-refractivity contribution in [1.82, 2.24) is 4.98 Å². The molecule has 0 saturated carbocycles. The fourth-order valence-electron chi connectivity index (χ4n) is 0.775. The summed E-state index contributed by atoms with van der Waals surface area (Å²) in [6.07, 6.45) is 1.63. The maximum Gasteiger partial charge on any atom is 0.123 e. The summed E-state index contributed by atoms with van der Waals surface area (Å²) in [5.41, 5.74) is 11.8. The van der Waals surface area contributed by atoms with E-state index in [0.29, 0.717) is 5.82 Å². The smallest absolute Gasteiger partial charge is 0.123 e. The third-order valence-electron chi connectivity index (χ3n) is 1.39. The molecule has 11 heavy (non-hydrogen) atoms. The molecule has 0 fully saturated rings. The SMILES string of the molecule is C=C[C@H](N)c1cccc(N)n1. The Hall–Kier alpha value is -1.35. The molecule has 1 aromatic heterocycles. The van der Waals surface area contributed by atoms with Crippen molar-refractivity contribution in [3.63, 3.8) is 0 Å². The summed E-state index contributed by atoms with van der Waals surface area (Å²) in [4.78, 5) is 4.03. The first-order valence-corrected chi connectivity index (χ1v) is 3.34. The van der Waals surface area contributed by atoms with E-state index in [1.165, 1.54) is 0 Å². The maximum absolute atomic E-state index is 5.63. The van der Waals surface area contributed by atoms with Crippen LogP contribution in [-0.4, -0.2) is 4.98 Å². The Morgan fingerprint density at radius 2 is 2.27 bits per heavy atom. The molecule has 0 saturated heterocycles. The highest BCUT2D eigenvalue weighted by molar-refractivity contribution is 5.30. The molecule has 0 spiro atoms. The zero-order valence-electron chi connectivity index (χ0n) is 6.20. The van der Waals surface area contributed by atoms with Crippen LogP contribution < -0.4 is 11.5 Å². The molecule has 1 rings (SSSR count). The molecule has 1 aromatic rings. The minimum absolute atomic E-state index is 0.224. The molecule has 0 aromatic carbocycles. The summed E-state index contributed by atoms with van der Waals surface area (Å²) in [6.45, 7) is 3.56. The van der Waals surface area contributed by atoms with E-state index in [0.717, 1.165) is 5.69 Å². The van der Waals surface area contributed by atoms with Gasteiger partial charge in [0.2, 0.25) is 0 Å². The van der Waals surface area contributed by atoms with E-state index < -0.39 is 0 Å². The van der Waals surface area contributed by atoms with Crippen molar-refractivity contribution >= 4 is 5.82 Å². The molecule has 0 aliphatic rings. The van der Waals surface area contributed by atoms with Crippen molar-refractivity contribution in [2.45, 2.75) is 6.04 Å². The molecular formula is C8H11N3. The van der Waals surface area contributed by atoms with Crippen molar-refractivity contribution in [1.29, 1.82) is 0 Å². The topological polar surface area (TPSA) is 64.9 Å². The Morgan fingerprint density at radius 1 is 1.55 bits per heavy atom.